The number of carbonyl (C=O) groups excluding carboxylic acids is 3. The fourth-order valence-electron chi connectivity index (χ4n) is 2.99. The Labute approximate surface area is 188 Å². The molecule has 0 aromatic carbocycles. The van der Waals surface area contributed by atoms with Gasteiger partial charge in [-0.1, -0.05) is 32.6 Å². The van der Waals surface area contributed by atoms with Crippen LogP contribution in [-0.4, -0.2) is 70.2 Å². The first-order chi connectivity index (χ1) is 15.2. The molecular formula is C21H37N3O8. The molecule has 0 saturated carbocycles. The number of carbonyl (C=O) groups is 5. The van der Waals surface area contributed by atoms with Gasteiger partial charge in [0.1, 0.15) is 17.9 Å². The topological polar surface area (TPSA) is 182 Å². The van der Waals surface area contributed by atoms with Crippen molar-refractivity contribution in [2.24, 2.45) is 0 Å². The van der Waals surface area contributed by atoms with Crippen LogP contribution >= 0.6 is 0 Å². The van der Waals surface area contributed by atoms with Crippen molar-refractivity contribution in [3.63, 3.8) is 0 Å². The van der Waals surface area contributed by atoms with Gasteiger partial charge in [-0.05, 0) is 32.1 Å². The van der Waals surface area contributed by atoms with Crippen molar-refractivity contribution in [1.82, 2.24) is 16.0 Å². The van der Waals surface area contributed by atoms with Crippen molar-refractivity contribution in [2.45, 2.75) is 89.1 Å². The molecule has 0 radical (unpaired) electrons. The number of rotatable bonds is 19. The van der Waals surface area contributed by atoms with E-state index in [0.29, 0.717) is 25.8 Å². The van der Waals surface area contributed by atoms with E-state index in [1.807, 2.05) is 0 Å². The lowest BCUT2D eigenvalue weighted by atomic mass is 9.96. The van der Waals surface area contributed by atoms with Gasteiger partial charge in [0.2, 0.25) is 5.91 Å². The van der Waals surface area contributed by atoms with Crippen LogP contribution in [0.2, 0.25) is 0 Å². The van der Waals surface area contributed by atoms with E-state index in [0.717, 1.165) is 32.1 Å². The number of aliphatic carboxylic acids is 2. The standard InChI is InChI=1S/C21H37N3O8/c1-2-3-4-5-6-10-17(27)22-13-8-7-9-16(19(30)31)23-20(32)24-21(14-25,15-26)12-11-18(28)29/h14,16,26H,2-13,15H2,1H3,(H,22,27)(H,28,29)(H,30,31)(H2,23,24,32)/t16-,21-/m0/s1. The summed E-state index contributed by atoms with van der Waals surface area (Å²) in [6.45, 7) is 1.70. The van der Waals surface area contributed by atoms with Crippen LogP contribution in [0.3, 0.4) is 0 Å². The second-order valence-corrected chi connectivity index (χ2v) is 7.83. The highest BCUT2D eigenvalue weighted by Gasteiger charge is 2.33. The largest absolute Gasteiger partial charge is 0.481 e. The number of nitrogens with one attached hydrogen (secondary N) is 3. The van der Waals surface area contributed by atoms with E-state index in [4.69, 9.17) is 5.11 Å². The van der Waals surface area contributed by atoms with E-state index in [2.05, 4.69) is 22.9 Å². The lowest BCUT2D eigenvalue weighted by Crippen LogP contribution is -2.58. The van der Waals surface area contributed by atoms with Gasteiger partial charge >= 0.3 is 18.0 Å². The Bertz CT molecular complexity index is 614. The quantitative estimate of drug-likeness (QED) is 0.123. The Morgan fingerprint density at radius 3 is 2.22 bits per heavy atom. The van der Waals surface area contributed by atoms with Gasteiger partial charge in [0.25, 0.3) is 0 Å². The normalized spacial score (nSPS) is 13.4. The summed E-state index contributed by atoms with van der Waals surface area (Å²) in [6.07, 6.45) is 6.23. The molecule has 11 heteroatoms. The van der Waals surface area contributed by atoms with Crippen molar-refractivity contribution < 1.29 is 39.3 Å². The summed E-state index contributed by atoms with van der Waals surface area (Å²) in [7, 11) is 0. The molecule has 0 aromatic rings. The van der Waals surface area contributed by atoms with Gasteiger partial charge in [0.15, 0.2) is 0 Å². The van der Waals surface area contributed by atoms with E-state index >= 15 is 0 Å². The number of aliphatic hydroxyl groups excluding tert-OH is 1. The van der Waals surface area contributed by atoms with Crippen molar-refractivity contribution in [3.05, 3.63) is 0 Å². The van der Waals surface area contributed by atoms with Crippen LogP contribution in [0.5, 0.6) is 0 Å². The Balaban J connectivity index is 4.34. The minimum Gasteiger partial charge on any atom is -0.481 e. The monoisotopic (exact) mass is 459 g/mol. The minimum absolute atomic E-state index is 0.0376. The summed E-state index contributed by atoms with van der Waals surface area (Å²) in [6, 6.07) is -2.24. The predicted molar refractivity (Wildman–Crippen MR) is 116 cm³/mol. The fourth-order valence-corrected chi connectivity index (χ4v) is 2.99. The number of hydrogen-bond donors (Lipinski definition) is 6. The average Bonchev–Trinajstić information content (AvgIpc) is 2.75. The van der Waals surface area contributed by atoms with Gasteiger partial charge in [-0.15, -0.1) is 0 Å². The Morgan fingerprint density at radius 1 is 0.969 bits per heavy atom. The van der Waals surface area contributed by atoms with Crippen LogP contribution in [0.25, 0.3) is 0 Å². The van der Waals surface area contributed by atoms with Crippen molar-refractivity contribution in [2.75, 3.05) is 13.2 Å². The number of amides is 3. The zero-order valence-corrected chi connectivity index (χ0v) is 18.7. The van der Waals surface area contributed by atoms with Gasteiger partial charge < -0.3 is 36.1 Å². The zero-order valence-electron chi connectivity index (χ0n) is 18.7. The first kappa shape index (κ1) is 29.3. The average molecular weight is 460 g/mol. The number of hydrogen-bond acceptors (Lipinski definition) is 6. The second-order valence-electron chi connectivity index (χ2n) is 7.83. The molecule has 0 heterocycles. The summed E-state index contributed by atoms with van der Waals surface area (Å²) in [4.78, 5) is 57.3. The molecule has 0 bridgehead atoms. The van der Waals surface area contributed by atoms with Crippen LogP contribution in [0, 0.1) is 0 Å². The lowest BCUT2D eigenvalue weighted by molar-refractivity contribution is -0.139. The maximum atomic E-state index is 12.1. The number of aldehydes is 1. The molecule has 2 atom stereocenters. The molecule has 0 aromatic heterocycles. The highest BCUT2D eigenvalue weighted by molar-refractivity contribution is 5.85. The van der Waals surface area contributed by atoms with Crippen LogP contribution in [0.1, 0.15) is 77.6 Å². The molecule has 184 valence electrons. The molecule has 0 aliphatic carbocycles. The molecular weight excluding hydrogens is 422 g/mol. The predicted octanol–water partition coefficient (Wildman–Crippen LogP) is 1.18. The van der Waals surface area contributed by atoms with Crippen molar-refractivity contribution >= 4 is 30.2 Å². The fraction of sp³-hybridized carbons (Fsp3) is 0.762. The van der Waals surface area contributed by atoms with Gasteiger partial charge in [-0.25, -0.2) is 9.59 Å². The third kappa shape index (κ3) is 13.6. The first-order valence-corrected chi connectivity index (χ1v) is 11.1. The molecule has 3 amide bonds. The molecule has 0 saturated heterocycles. The van der Waals surface area contributed by atoms with Crippen LogP contribution in [-0.2, 0) is 19.2 Å². The van der Waals surface area contributed by atoms with Crippen LogP contribution in [0.15, 0.2) is 0 Å². The van der Waals surface area contributed by atoms with E-state index in [1.54, 1.807) is 0 Å². The second kappa shape index (κ2) is 16.9. The zero-order chi connectivity index (χ0) is 24.4. The van der Waals surface area contributed by atoms with E-state index < -0.39 is 42.6 Å². The van der Waals surface area contributed by atoms with E-state index in [9.17, 15) is 34.2 Å². The molecule has 0 rings (SSSR count). The molecule has 0 unspecified atom stereocenters. The number of unbranched alkanes of at least 4 members (excludes halogenated alkanes) is 5. The Hall–Kier alpha value is -2.69. The summed E-state index contributed by atoms with van der Waals surface area (Å²) >= 11 is 0. The van der Waals surface area contributed by atoms with Crippen LogP contribution in [0.4, 0.5) is 4.79 Å². The summed E-state index contributed by atoms with van der Waals surface area (Å²) in [5, 5.41) is 34.6. The lowest BCUT2D eigenvalue weighted by Gasteiger charge is -2.27. The summed E-state index contributed by atoms with van der Waals surface area (Å²) < 4.78 is 0. The smallest absolute Gasteiger partial charge is 0.326 e. The molecule has 0 aliphatic heterocycles. The maximum Gasteiger partial charge on any atom is 0.326 e. The van der Waals surface area contributed by atoms with Gasteiger partial charge in [-0.2, -0.15) is 0 Å². The molecule has 11 nitrogen and oxygen atoms in total. The van der Waals surface area contributed by atoms with E-state index in [1.165, 1.54) is 0 Å². The van der Waals surface area contributed by atoms with Gasteiger partial charge in [0, 0.05) is 19.4 Å². The van der Waals surface area contributed by atoms with Crippen molar-refractivity contribution in [1.29, 1.82) is 0 Å². The molecule has 32 heavy (non-hydrogen) atoms. The summed E-state index contributed by atoms with van der Waals surface area (Å²) in [5.74, 6) is -2.52. The third-order valence-electron chi connectivity index (χ3n) is 5.01. The third-order valence-corrected chi connectivity index (χ3v) is 5.01. The minimum atomic E-state index is -1.81. The number of aliphatic hydroxyl groups is 1. The highest BCUT2D eigenvalue weighted by Crippen LogP contribution is 2.11. The number of carboxylic acid groups (broad SMARTS) is 2. The highest BCUT2D eigenvalue weighted by atomic mass is 16.4. The van der Waals surface area contributed by atoms with E-state index in [-0.39, 0.29) is 25.0 Å². The summed E-state index contributed by atoms with van der Waals surface area (Å²) in [5.41, 5.74) is -1.81. The van der Waals surface area contributed by atoms with Crippen LogP contribution < -0.4 is 16.0 Å². The first-order valence-electron chi connectivity index (χ1n) is 11.1. The number of carboxylic acids is 2. The maximum absolute atomic E-state index is 12.1. The van der Waals surface area contributed by atoms with Crippen molar-refractivity contribution in [3.8, 4) is 0 Å². The Morgan fingerprint density at radius 2 is 1.66 bits per heavy atom. The molecule has 0 spiro atoms. The van der Waals surface area contributed by atoms with Gasteiger partial charge in [0.05, 0.1) is 6.61 Å². The SMILES string of the molecule is CCCCCCCC(=O)NCCCC[C@H](NC(=O)N[C@@](C=O)(CO)CCC(=O)O)C(=O)O. The molecule has 0 fully saturated rings. The van der Waals surface area contributed by atoms with Gasteiger partial charge in [-0.3, -0.25) is 9.59 Å². The Kier molecular flexibility index (Phi) is 15.5. The number of urea groups is 1. The molecule has 0 aliphatic rings. The molecule has 6 N–H and O–H groups in total.